The van der Waals surface area contributed by atoms with E-state index >= 15 is 0 Å². The van der Waals surface area contributed by atoms with Gasteiger partial charge in [-0.3, -0.25) is 0 Å². The summed E-state index contributed by atoms with van der Waals surface area (Å²) in [6, 6.07) is 52.6. The van der Waals surface area contributed by atoms with Gasteiger partial charge in [0.2, 0.25) is 0 Å². The van der Waals surface area contributed by atoms with E-state index in [4.69, 9.17) is 4.42 Å². The molecule has 0 aliphatic rings. The van der Waals surface area contributed by atoms with E-state index in [0.717, 1.165) is 76.5 Å². The summed E-state index contributed by atoms with van der Waals surface area (Å²) in [6.07, 6.45) is 0. The van der Waals surface area contributed by atoms with Crippen LogP contribution in [-0.2, 0) is 0 Å². The zero-order valence-corrected chi connectivity index (χ0v) is 26.4. The zero-order valence-electron chi connectivity index (χ0n) is 30.4. The van der Waals surface area contributed by atoms with E-state index in [2.05, 4.69) is 72.8 Å². The van der Waals surface area contributed by atoms with Crippen LogP contribution in [0, 0.1) is 0 Å². The number of fused-ring (bicyclic) bond motifs is 6. The smallest absolute Gasteiger partial charge is 0.136 e. The van der Waals surface area contributed by atoms with Gasteiger partial charge in [0.1, 0.15) is 11.2 Å². The Hall–Kier alpha value is -6.44. The highest BCUT2D eigenvalue weighted by Gasteiger charge is 2.21. The molecular formula is C48H30O. The Morgan fingerprint density at radius 1 is 0.347 bits per heavy atom. The molecular weight excluding hydrogens is 593 g/mol. The molecule has 0 aliphatic heterocycles. The van der Waals surface area contributed by atoms with Gasteiger partial charge in [-0.1, -0.05) is 158 Å². The van der Waals surface area contributed by atoms with E-state index in [1.54, 1.807) is 0 Å². The molecule has 1 heteroatoms. The predicted octanol–water partition coefficient (Wildman–Crippen LogP) is 13.7. The topological polar surface area (TPSA) is 13.1 Å². The van der Waals surface area contributed by atoms with Crippen molar-refractivity contribution in [3.8, 4) is 44.5 Å². The van der Waals surface area contributed by atoms with Gasteiger partial charge >= 0.3 is 0 Å². The lowest BCUT2D eigenvalue weighted by Gasteiger charge is -2.19. The highest BCUT2D eigenvalue weighted by molar-refractivity contribution is 6.26. The minimum Gasteiger partial charge on any atom is -0.456 e. The second kappa shape index (κ2) is 11.1. The molecule has 0 spiro atoms. The Bertz CT molecular complexity index is 3060. The number of hydrogen-bond acceptors (Lipinski definition) is 1. The van der Waals surface area contributed by atoms with E-state index in [1.807, 2.05) is 84.9 Å². The molecule has 0 bridgehead atoms. The molecule has 228 valence electrons. The van der Waals surface area contributed by atoms with Crippen LogP contribution in [0.3, 0.4) is 0 Å². The number of benzene rings is 9. The normalized spacial score (nSPS) is 12.8. The number of hydrogen-bond donors (Lipinski definition) is 0. The molecule has 0 atom stereocenters. The Kier molecular flexibility index (Phi) is 5.38. The highest BCUT2D eigenvalue weighted by atomic mass is 16.3. The average molecular weight is 627 g/mol. The third kappa shape index (κ3) is 4.47. The summed E-state index contributed by atoms with van der Waals surface area (Å²) in [6.45, 7) is 0. The largest absolute Gasteiger partial charge is 0.456 e. The summed E-state index contributed by atoms with van der Waals surface area (Å²) >= 11 is 0. The minimum atomic E-state index is -0.0658. The maximum absolute atomic E-state index is 9.49. The molecule has 9 aromatic carbocycles. The lowest BCUT2D eigenvalue weighted by molar-refractivity contribution is 0.669. The van der Waals surface area contributed by atoms with Gasteiger partial charge in [0.05, 0.1) is 5.48 Å². The molecule has 0 saturated heterocycles. The van der Waals surface area contributed by atoms with Crippen molar-refractivity contribution in [2.45, 2.75) is 0 Å². The molecule has 0 N–H and O–H groups in total. The van der Waals surface area contributed by atoms with E-state index in [9.17, 15) is 5.48 Å². The Balaban J connectivity index is 1.36. The first-order valence-electron chi connectivity index (χ1n) is 18.5. The predicted molar refractivity (Wildman–Crippen MR) is 208 cm³/mol. The Morgan fingerprint density at radius 3 is 1.67 bits per heavy atom. The fourth-order valence-electron chi connectivity index (χ4n) is 7.45. The lowest BCUT2D eigenvalue weighted by atomic mass is 9.83. The Labute approximate surface area is 289 Å². The maximum Gasteiger partial charge on any atom is 0.136 e. The fourth-order valence-corrected chi connectivity index (χ4v) is 7.45. The molecule has 49 heavy (non-hydrogen) atoms. The molecule has 1 heterocycles. The third-order valence-electron chi connectivity index (χ3n) is 9.70. The average Bonchev–Trinajstić information content (AvgIpc) is 3.57. The quantitative estimate of drug-likeness (QED) is 0.177. The van der Waals surface area contributed by atoms with Crippen molar-refractivity contribution in [3.63, 3.8) is 0 Å². The fraction of sp³-hybridized carbons (Fsp3) is 0. The van der Waals surface area contributed by atoms with Crippen molar-refractivity contribution < 1.29 is 9.90 Å². The summed E-state index contributed by atoms with van der Waals surface area (Å²) < 4.78 is 44.0. The molecule has 10 aromatic rings. The van der Waals surface area contributed by atoms with Crippen LogP contribution in [0.4, 0.5) is 0 Å². The SMILES string of the molecule is [2H]c1c([2H])c(-c2c3ccccc3c(-c3cccc4oc5cc6ccccc6cc5c34)c3ccc(-c4ccccc4)cc23)c([2H])c([2H])c1-c1ccccc1. The summed E-state index contributed by atoms with van der Waals surface area (Å²) in [4.78, 5) is 0. The van der Waals surface area contributed by atoms with Gasteiger partial charge in [0, 0.05) is 10.8 Å². The second-order valence-electron chi connectivity index (χ2n) is 12.5. The summed E-state index contributed by atoms with van der Waals surface area (Å²) in [5.74, 6) is 0. The Morgan fingerprint density at radius 2 is 0.939 bits per heavy atom. The molecule has 0 saturated carbocycles. The van der Waals surface area contributed by atoms with Crippen LogP contribution in [0.5, 0.6) is 0 Å². The minimum absolute atomic E-state index is 0.0606. The molecule has 0 amide bonds. The number of rotatable bonds is 4. The van der Waals surface area contributed by atoms with Crippen molar-refractivity contribution in [2.75, 3.05) is 0 Å². The van der Waals surface area contributed by atoms with E-state index in [1.165, 1.54) is 0 Å². The van der Waals surface area contributed by atoms with E-state index in [-0.39, 0.29) is 29.7 Å². The van der Waals surface area contributed by atoms with Crippen LogP contribution in [-0.4, -0.2) is 0 Å². The van der Waals surface area contributed by atoms with E-state index < -0.39 is 0 Å². The van der Waals surface area contributed by atoms with Crippen LogP contribution in [0.25, 0.3) is 98.8 Å². The van der Waals surface area contributed by atoms with Crippen molar-refractivity contribution >= 4 is 54.3 Å². The third-order valence-corrected chi connectivity index (χ3v) is 9.70. The molecule has 1 aromatic heterocycles. The first-order valence-corrected chi connectivity index (χ1v) is 16.5. The monoisotopic (exact) mass is 626 g/mol. The highest BCUT2D eigenvalue weighted by Crippen LogP contribution is 2.48. The summed E-state index contributed by atoms with van der Waals surface area (Å²) in [5.41, 5.74) is 7.63. The van der Waals surface area contributed by atoms with Gasteiger partial charge in [-0.25, -0.2) is 0 Å². The molecule has 0 aliphatic carbocycles. The van der Waals surface area contributed by atoms with Gasteiger partial charge in [-0.2, -0.15) is 0 Å². The van der Waals surface area contributed by atoms with Gasteiger partial charge in [0.15, 0.2) is 0 Å². The van der Waals surface area contributed by atoms with Crippen molar-refractivity contribution in [2.24, 2.45) is 0 Å². The van der Waals surface area contributed by atoms with Crippen LogP contribution in [0.2, 0.25) is 0 Å². The van der Waals surface area contributed by atoms with Gasteiger partial charge in [-0.15, -0.1) is 0 Å². The standard InChI is InChI=1S/C48H30O/c1-3-12-31(13-4-1)33-22-24-34(25-23-33)46-38-18-9-10-19-39(38)47(40-27-26-37(28-42(40)46)32-14-5-2-6-15-32)41-20-11-21-44-48(41)43-29-35-16-7-8-17-36(35)30-45(43)49-44/h1-30H/i22D,23D,24D,25D. The summed E-state index contributed by atoms with van der Waals surface area (Å²) in [5, 5.41) is 7.92. The van der Waals surface area contributed by atoms with Crippen molar-refractivity contribution in [1.82, 2.24) is 0 Å². The molecule has 1 nitrogen and oxygen atoms in total. The zero-order chi connectivity index (χ0) is 35.8. The number of furan rings is 1. The summed E-state index contributed by atoms with van der Waals surface area (Å²) in [7, 11) is 0. The van der Waals surface area contributed by atoms with Gasteiger partial charge in [-0.05, 0) is 101 Å². The molecule has 0 radical (unpaired) electrons. The lowest BCUT2D eigenvalue weighted by Crippen LogP contribution is -1.92. The second-order valence-corrected chi connectivity index (χ2v) is 12.5. The van der Waals surface area contributed by atoms with E-state index in [0.29, 0.717) is 16.7 Å². The first-order chi connectivity index (χ1) is 26.0. The van der Waals surface area contributed by atoms with Crippen molar-refractivity contribution in [1.29, 1.82) is 0 Å². The van der Waals surface area contributed by atoms with Gasteiger partial charge in [0.25, 0.3) is 0 Å². The van der Waals surface area contributed by atoms with Crippen molar-refractivity contribution in [3.05, 3.63) is 182 Å². The first kappa shape index (κ1) is 23.8. The van der Waals surface area contributed by atoms with Crippen LogP contribution in [0.15, 0.2) is 186 Å². The van der Waals surface area contributed by atoms with Crippen LogP contribution >= 0.6 is 0 Å². The maximum atomic E-state index is 9.49. The molecule has 0 fully saturated rings. The van der Waals surface area contributed by atoms with Crippen LogP contribution < -0.4 is 0 Å². The van der Waals surface area contributed by atoms with Gasteiger partial charge < -0.3 is 4.42 Å². The molecule has 0 unspecified atom stereocenters. The molecule has 10 rings (SSSR count). The van der Waals surface area contributed by atoms with Crippen LogP contribution in [0.1, 0.15) is 5.48 Å².